The number of carbonyl (C=O) groups excluding carboxylic acids is 1. The summed E-state index contributed by atoms with van der Waals surface area (Å²) in [6.07, 6.45) is 5.11. The van der Waals surface area contributed by atoms with E-state index < -0.39 is 0 Å². The molecular formula is C18H24N4OS. The number of hydrogen-bond acceptors (Lipinski definition) is 4. The van der Waals surface area contributed by atoms with Crippen molar-refractivity contribution < 1.29 is 4.79 Å². The van der Waals surface area contributed by atoms with Crippen LogP contribution >= 0.6 is 11.8 Å². The molecule has 2 aromatic rings. The summed E-state index contributed by atoms with van der Waals surface area (Å²) >= 11 is 1.46. The van der Waals surface area contributed by atoms with Crippen LogP contribution in [0.25, 0.3) is 5.69 Å². The van der Waals surface area contributed by atoms with Crippen molar-refractivity contribution in [1.29, 1.82) is 0 Å². The fourth-order valence-corrected chi connectivity index (χ4v) is 4.23. The number of likely N-dealkylation sites (tertiary alicyclic amines) is 1. The summed E-state index contributed by atoms with van der Waals surface area (Å²) in [5, 5.41) is 8.98. The van der Waals surface area contributed by atoms with E-state index >= 15 is 0 Å². The van der Waals surface area contributed by atoms with Crippen molar-refractivity contribution in [2.45, 2.75) is 57.3 Å². The minimum absolute atomic E-state index is 0.194. The Morgan fingerprint density at radius 1 is 1.25 bits per heavy atom. The number of piperidine rings is 1. The first-order valence-corrected chi connectivity index (χ1v) is 9.46. The van der Waals surface area contributed by atoms with Crippen molar-refractivity contribution in [3.63, 3.8) is 0 Å². The Bertz CT molecular complexity index is 705. The van der Waals surface area contributed by atoms with Crippen LogP contribution in [0.2, 0.25) is 0 Å². The maximum absolute atomic E-state index is 12.7. The van der Waals surface area contributed by atoms with Gasteiger partial charge in [0.15, 0.2) is 5.16 Å². The van der Waals surface area contributed by atoms with Crippen LogP contribution in [0, 0.1) is 6.92 Å². The molecule has 2 heterocycles. The molecule has 6 heteroatoms. The van der Waals surface area contributed by atoms with Crippen molar-refractivity contribution in [3.8, 4) is 5.69 Å². The predicted molar refractivity (Wildman–Crippen MR) is 96.4 cm³/mol. The third-order valence-corrected chi connectivity index (χ3v) is 5.63. The number of nitrogens with zero attached hydrogens (tertiary/aromatic N) is 4. The molecule has 0 aliphatic carbocycles. The standard InChI is InChI=1S/C18H24N4OS/c1-13-7-4-5-10-16(13)21-12-19-20-18(21)24-11-17(23)22-14(2)8-6-9-15(22)3/h4-5,7,10,12,14-15H,6,8-9,11H2,1-3H3/t14-,15-/m0/s1. The summed E-state index contributed by atoms with van der Waals surface area (Å²) in [5.74, 6) is 0.596. The first kappa shape index (κ1) is 17.0. The van der Waals surface area contributed by atoms with Gasteiger partial charge >= 0.3 is 0 Å². The quantitative estimate of drug-likeness (QED) is 0.797. The van der Waals surface area contributed by atoms with Crippen molar-refractivity contribution in [1.82, 2.24) is 19.7 Å². The molecule has 1 amide bonds. The van der Waals surface area contributed by atoms with E-state index in [9.17, 15) is 4.79 Å². The largest absolute Gasteiger partial charge is 0.337 e. The van der Waals surface area contributed by atoms with Crippen molar-refractivity contribution >= 4 is 17.7 Å². The number of hydrogen-bond donors (Lipinski definition) is 0. The molecule has 1 aromatic heterocycles. The molecule has 1 aliphatic heterocycles. The van der Waals surface area contributed by atoms with Crippen LogP contribution in [0.3, 0.4) is 0 Å². The Kier molecular flexibility index (Phi) is 5.23. The lowest BCUT2D eigenvalue weighted by Crippen LogP contribution is -2.48. The van der Waals surface area contributed by atoms with Gasteiger partial charge in [0.2, 0.25) is 5.91 Å². The molecule has 1 saturated heterocycles. The van der Waals surface area contributed by atoms with Crippen LogP contribution in [-0.4, -0.2) is 43.4 Å². The van der Waals surface area contributed by atoms with E-state index in [1.165, 1.54) is 18.2 Å². The molecule has 24 heavy (non-hydrogen) atoms. The highest BCUT2D eigenvalue weighted by atomic mass is 32.2. The summed E-state index contributed by atoms with van der Waals surface area (Å²) in [5.41, 5.74) is 2.21. The second kappa shape index (κ2) is 7.38. The minimum Gasteiger partial charge on any atom is -0.337 e. The molecule has 1 fully saturated rings. The van der Waals surface area contributed by atoms with E-state index in [-0.39, 0.29) is 5.91 Å². The molecule has 0 spiro atoms. The van der Waals surface area contributed by atoms with E-state index in [0.29, 0.717) is 17.8 Å². The van der Waals surface area contributed by atoms with Crippen molar-refractivity contribution in [2.75, 3.05) is 5.75 Å². The van der Waals surface area contributed by atoms with Gasteiger partial charge in [0, 0.05) is 12.1 Å². The molecule has 3 rings (SSSR count). The van der Waals surface area contributed by atoms with Gasteiger partial charge in [0.05, 0.1) is 11.4 Å². The molecule has 0 N–H and O–H groups in total. The Morgan fingerprint density at radius 3 is 2.67 bits per heavy atom. The highest BCUT2D eigenvalue weighted by molar-refractivity contribution is 7.99. The Balaban J connectivity index is 1.71. The van der Waals surface area contributed by atoms with E-state index in [1.807, 2.05) is 27.7 Å². The summed E-state index contributed by atoms with van der Waals surface area (Å²) in [6.45, 7) is 6.36. The summed E-state index contributed by atoms with van der Waals surface area (Å²) in [7, 11) is 0. The molecule has 0 bridgehead atoms. The van der Waals surface area contributed by atoms with E-state index in [4.69, 9.17) is 0 Å². The van der Waals surface area contributed by atoms with Crippen molar-refractivity contribution in [2.24, 2.45) is 0 Å². The van der Waals surface area contributed by atoms with Crippen LogP contribution in [0.1, 0.15) is 38.7 Å². The third kappa shape index (κ3) is 3.48. The minimum atomic E-state index is 0.194. The predicted octanol–water partition coefficient (Wildman–Crippen LogP) is 3.46. The molecule has 1 aromatic carbocycles. The van der Waals surface area contributed by atoms with E-state index in [1.54, 1.807) is 6.33 Å². The number of amides is 1. The van der Waals surface area contributed by atoms with Gasteiger partial charge in [-0.3, -0.25) is 9.36 Å². The lowest BCUT2D eigenvalue weighted by Gasteiger charge is -2.39. The molecule has 0 radical (unpaired) electrons. The molecule has 0 saturated carbocycles. The molecule has 2 atom stereocenters. The highest BCUT2D eigenvalue weighted by Crippen LogP contribution is 2.26. The van der Waals surface area contributed by atoms with Crippen LogP contribution in [0.5, 0.6) is 0 Å². The normalized spacial score (nSPS) is 21.0. The van der Waals surface area contributed by atoms with Gasteiger partial charge < -0.3 is 4.90 Å². The van der Waals surface area contributed by atoms with E-state index in [0.717, 1.165) is 29.2 Å². The van der Waals surface area contributed by atoms with Gasteiger partial charge in [-0.15, -0.1) is 10.2 Å². The Hall–Kier alpha value is -1.82. The van der Waals surface area contributed by atoms with E-state index in [2.05, 4.69) is 37.0 Å². The number of benzene rings is 1. The zero-order valence-electron chi connectivity index (χ0n) is 14.5. The molecular weight excluding hydrogens is 320 g/mol. The van der Waals surface area contributed by atoms with Gasteiger partial charge in [0.1, 0.15) is 6.33 Å². The molecule has 128 valence electrons. The lowest BCUT2D eigenvalue weighted by molar-refractivity contribution is -0.134. The van der Waals surface area contributed by atoms with Gasteiger partial charge in [-0.1, -0.05) is 30.0 Å². The number of rotatable bonds is 4. The van der Waals surface area contributed by atoms with Gasteiger partial charge in [-0.05, 0) is 51.7 Å². The summed E-state index contributed by atoms with van der Waals surface area (Å²) in [4.78, 5) is 14.7. The number of thioether (sulfide) groups is 1. The highest BCUT2D eigenvalue weighted by Gasteiger charge is 2.29. The SMILES string of the molecule is Cc1ccccc1-n1cnnc1SCC(=O)N1[C@@H](C)CCC[C@@H]1C. The smallest absolute Gasteiger partial charge is 0.233 e. The van der Waals surface area contributed by atoms with Crippen molar-refractivity contribution in [3.05, 3.63) is 36.2 Å². The van der Waals surface area contributed by atoms with Crippen LogP contribution in [0.15, 0.2) is 35.7 Å². The fourth-order valence-electron chi connectivity index (χ4n) is 3.44. The van der Waals surface area contributed by atoms with Gasteiger partial charge in [0.25, 0.3) is 0 Å². The fraction of sp³-hybridized carbons (Fsp3) is 0.500. The zero-order chi connectivity index (χ0) is 17.1. The first-order valence-electron chi connectivity index (χ1n) is 8.48. The molecule has 0 unspecified atom stereocenters. The Labute approximate surface area is 147 Å². The number of carbonyl (C=O) groups is 1. The number of aryl methyl sites for hydroxylation is 1. The van der Waals surface area contributed by atoms with Crippen LogP contribution in [-0.2, 0) is 4.79 Å². The summed E-state index contributed by atoms with van der Waals surface area (Å²) in [6, 6.07) is 8.77. The second-order valence-corrected chi connectivity index (χ2v) is 7.43. The molecule has 1 aliphatic rings. The average Bonchev–Trinajstić information content (AvgIpc) is 3.01. The third-order valence-electron chi connectivity index (χ3n) is 4.70. The zero-order valence-corrected chi connectivity index (χ0v) is 15.3. The summed E-state index contributed by atoms with van der Waals surface area (Å²) < 4.78 is 1.95. The first-order chi connectivity index (χ1) is 11.6. The van der Waals surface area contributed by atoms with Gasteiger partial charge in [-0.2, -0.15) is 0 Å². The number of para-hydroxylation sites is 1. The number of aromatic nitrogens is 3. The Morgan fingerprint density at radius 2 is 1.96 bits per heavy atom. The average molecular weight is 344 g/mol. The lowest BCUT2D eigenvalue weighted by atomic mass is 9.98. The topological polar surface area (TPSA) is 51.0 Å². The van der Waals surface area contributed by atoms with Gasteiger partial charge in [-0.25, -0.2) is 0 Å². The van der Waals surface area contributed by atoms with Crippen LogP contribution in [0.4, 0.5) is 0 Å². The second-order valence-electron chi connectivity index (χ2n) is 6.49. The van der Waals surface area contributed by atoms with Crippen LogP contribution < -0.4 is 0 Å². The maximum Gasteiger partial charge on any atom is 0.233 e. The molecule has 5 nitrogen and oxygen atoms in total. The monoisotopic (exact) mass is 344 g/mol. The maximum atomic E-state index is 12.7.